The van der Waals surface area contributed by atoms with Gasteiger partial charge in [-0.1, -0.05) is 12.1 Å². The number of carbonyl (C=O) groups is 2. The smallest absolute Gasteiger partial charge is 0.349 e. The topological polar surface area (TPSA) is 79.2 Å². The number of hydrogen-bond donors (Lipinski definition) is 1. The minimum atomic E-state index is -0.626. The minimum absolute atomic E-state index is 0.0147. The number of carbonyl (C=O) groups excluding carboxylic acids is 2. The van der Waals surface area contributed by atoms with Crippen LogP contribution >= 0.6 is 0 Å². The Kier molecular flexibility index (Phi) is 5.48. The van der Waals surface area contributed by atoms with E-state index in [9.17, 15) is 9.59 Å². The number of ether oxygens (including phenoxy) is 1. The molecule has 0 bridgehead atoms. The van der Waals surface area contributed by atoms with E-state index in [1.54, 1.807) is 38.1 Å². The Bertz CT molecular complexity index is 580. The van der Waals surface area contributed by atoms with Crippen molar-refractivity contribution >= 4 is 23.1 Å². The monoisotopic (exact) mass is 272 g/mol. The van der Waals surface area contributed by atoms with Crippen molar-refractivity contribution in [3.05, 3.63) is 35.4 Å². The fourth-order valence-electron chi connectivity index (χ4n) is 1.64. The van der Waals surface area contributed by atoms with Gasteiger partial charge in [0.25, 0.3) is 0 Å². The van der Waals surface area contributed by atoms with E-state index in [2.05, 4.69) is 5.32 Å². The molecule has 0 aliphatic carbocycles. The van der Waals surface area contributed by atoms with Crippen LogP contribution in [-0.4, -0.2) is 18.5 Å². The fraction of sp³-hybridized carbons (Fsp3) is 0.267. The van der Waals surface area contributed by atoms with E-state index in [1.807, 2.05) is 6.07 Å². The first kappa shape index (κ1) is 15.4. The second-order valence-electron chi connectivity index (χ2n) is 4.09. The SMILES string of the molecule is CCOC(=O)/C(C#N)=C(\C)c1ccc(NC(C)=O)cc1. The molecule has 1 aromatic rings. The van der Waals surface area contributed by atoms with Crippen LogP contribution in [0.3, 0.4) is 0 Å². The van der Waals surface area contributed by atoms with Crippen molar-refractivity contribution in [1.82, 2.24) is 0 Å². The van der Waals surface area contributed by atoms with Crippen LogP contribution in [0.5, 0.6) is 0 Å². The molecule has 0 fully saturated rings. The Morgan fingerprint density at radius 3 is 2.30 bits per heavy atom. The van der Waals surface area contributed by atoms with Gasteiger partial charge in [0.05, 0.1) is 6.61 Å². The Labute approximate surface area is 117 Å². The number of rotatable bonds is 4. The van der Waals surface area contributed by atoms with Gasteiger partial charge in [0.2, 0.25) is 5.91 Å². The molecule has 0 spiro atoms. The molecule has 0 saturated carbocycles. The zero-order chi connectivity index (χ0) is 15.1. The molecule has 20 heavy (non-hydrogen) atoms. The molecular weight excluding hydrogens is 256 g/mol. The first-order valence-corrected chi connectivity index (χ1v) is 6.15. The average molecular weight is 272 g/mol. The molecule has 0 aliphatic heterocycles. The Morgan fingerprint density at radius 2 is 1.85 bits per heavy atom. The zero-order valence-corrected chi connectivity index (χ0v) is 11.7. The van der Waals surface area contributed by atoms with E-state index in [1.165, 1.54) is 6.92 Å². The maximum Gasteiger partial charge on any atom is 0.349 e. The van der Waals surface area contributed by atoms with Crippen molar-refractivity contribution in [2.45, 2.75) is 20.8 Å². The lowest BCUT2D eigenvalue weighted by Crippen LogP contribution is -2.08. The molecule has 0 radical (unpaired) electrons. The van der Waals surface area contributed by atoms with Crippen molar-refractivity contribution < 1.29 is 14.3 Å². The third-order valence-corrected chi connectivity index (χ3v) is 2.60. The summed E-state index contributed by atoms with van der Waals surface area (Å²) in [5.74, 6) is -0.785. The summed E-state index contributed by atoms with van der Waals surface area (Å²) in [6, 6.07) is 8.75. The molecule has 104 valence electrons. The van der Waals surface area contributed by atoms with Gasteiger partial charge >= 0.3 is 5.97 Å². The molecule has 0 heterocycles. The number of amides is 1. The van der Waals surface area contributed by atoms with Crippen molar-refractivity contribution in [3.63, 3.8) is 0 Å². The maximum atomic E-state index is 11.6. The van der Waals surface area contributed by atoms with Gasteiger partial charge in [-0.2, -0.15) is 5.26 Å². The Hall–Kier alpha value is -2.61. The summed E-state index contributed by atoms with van der Waals surface area (Å²) in [6.07, 6.45) is 0. The summed E-state index contributed by atoms with van der Waals surface area (Å²) in [4.78, 5) is 22.6. The Balaban J connectivity index is 3.06. The first-order valence-electron chi connectivity index (χ1n) is 6.15. The molecule has 0 aromatic heterocycles. The molecular formula is C15H16N2O3. The number of anilines is 1. The first-order chi connectivity index (χ1) is 9.49. The van der Waals surface area contributed by atoms with E-state index in [0.717, 1.165) is 5.56 Å². The summed E-state index contributed by atoms with van der Waals surface area (Å²) in [7, 11) is 0. The quantitative estimate of drug-likeness (QED) is 0.519. The molecule has 1 amide bonds. The van der Waals surface area contributed by atoms with E-state index < -0.39 is 5.97 Å². The van der Waals surface area contributed by atoms with Gasteiger partial charge in [-0.05, 0) is 37.1 Å². The molecule has 0 atom stereocenters. The van der Waals surface area contributed by atoms with Crippen molar-refractivity contribution in [2.75, 3.05) is 11.9 Å². The van der Waals surface area contributed by atoms with Crippen molar-refractivity contribution in [1.29, 1.82) is 5.26 Å². The third-order valence-electron chi connectivity index (χ3n) is 2.60. The van der Waals surface area contributed by atoms with Gasteiger partial charge in [0, 0.05) is 12.6 Å². The second kappa shape index (κ2) is 7.10. The van der Waals surface area contributed by atoms with Gasteiger partial charge in [0.1, 0.15) is 11.6 Å². The molecule has 1 aromatic carbocycles. The van der Waals surface area contributed by atoms with Gasteiger partial charge in [-0.15, -0.1) is 0 Å². The molecule has 1 N–H and O–H groups in total. The summed E-state index contributed by atoms with van der Waals surface area (Å²) < 4.78 is 4.84. The predicted octanol–water partition coefficient (Wildman–Crippen LogP) is 2.51. The summed E-state index contributed by atoms with van der Waals surface area (Å²) >= 11 is 0. The normalized spacial score (nSPS) is 11.1. The lowest BCUT2D eigenvalue weighted by molar-refractivity contribution is -0.137. The summed E-state index contributed by atoms with van der Waals surface area (Å²) in [5.41, 5.74) is 1.91. The number of esters is 1. The average Bonchev–Trinajstić information content (AvgIpc) is 2.40. The zero-order valence-electron chi connectivity index (χ0n) is 11.7. The van der Waals surface area contributed by atoms with Gasteiger partial charge in [-0.3, -0.25) is 4.79 Å². The number of benzene rings is 1. The molecule has 5 nitrogen and oxygen atoms in total. The highest BCUT2D eigenvalue weighted by molar-refractivity contribution is 6.01. The van der Waals surface area contributed by atoms with E-state index in [0.29, 0.717) is 11.3 Å². The van der Waals surface area contributed by atoms with E-state index >= 15 is 0 Å². The second-order valence-corrected chi connectivity index (χ2v) is 4.09. The van der Waals surface area contributed by atoms with Gasteiger partial charge < -0.3 is 10.1 Å². The number of hydrogen-bond acceptors (Lipinski definition) is 4. The summed E-state index contributed by atoms with van der Waals surface area (Å²) in [6.45, 7) is 5.01. The van der Waals surface area contributed by atoms with Crippen molar-refractivity contribution in [2.24, 2.45) is 0 Å². The minimum Gasteiger partial charge on any atom is -0.462 e. The predicted molar refractivity (Wildman–Crippen MR) is 75.6 cm³/mol. The molecule has 0 aliphatic rings. The van der Waals surface area contributed by atoms with Gasteiger partial charge in [-0.25, -0.2) is 4.79 Å². The van der Waals surface area contributed by atoms with Crippen LogP contribution in [0.15, 0.2) is 29.8 Å². The van der Waals surface area contributed by atoms with Crippen LogP contribution in [0.25, 0.3) is 5.57 Å². The van der Waals surface area contributed by atoms with Crippen LogP contribution < -0.4 is 5.32 Å². The van der Waals surface area contributed by atoms with Crippen LogP contribution in [-0.2, 0) is 14.3 Å². The highest BCUT2D eigenvalue weighted by atomic mass is 16.5. The molecule has 1 rings (SSSR count). The van der Waals surface area contributed by atoms with Gasteiger partial charge in [0.15, 0.2) is 0 Å². The number of nitrogens with one attached hydrogen (secondary N) is 1. The van der Waals surface area contributed by atoms with E-state index in [-0.39, 0.29) is 18.1 Å². The number of nitrogens with zero attached hydrogens (tertiary/aromatic N) is 1. The van der Waals surface area contributed by atoms with Crippen LogP contribution in [0, 0.1) is 11.3 Å². The third kappa shape index (κ3) is 3.95. The Morgan fingerprint density at radius 1 is 1.25 bits per heavy atom. The van der Waals surface area contributed by atoms with Crippen LogP contribution in [0.1, 0.15) is 26.3 Å². The number of allylic oxidation sites excluding steroid dienone is 1. The lowest BCUT2D eigenvalue weighted by atomic mass is 10.0. The highest BCUT2D eigenvalue weighted by Gasteiger charge is 2.14. The standard InChI is InChI=1S/C15H16N2O3/c1-4-20-15(19)14(9-16)10(2)12-5-7-13(8-6-12)17-11(3)18/h5-8H,4H2,1-3H3,(H,17,18)/b14-10+. The fourth-order valence-corrected chi connectivity index (χ4v) is 1.64. The van der Waals surface area contributed by atoms with Crippen LogP contribution in [0.4, 0.5) is 5.69 Å². The largest absolute Gasteiger partial charge is 0.462 e. The molecule has 0 unspecified atom stereocenters. The number of nitriles is 1. The van der Waals surface area contributed by atoms with E-state index in [4.69, 9.17) is 10.00 Å². The highest BCUT2D eigenvalue weighted by Crippen LogP contribution is 2.21. The molecule has 0 saturated heterocycles. The van der Waals surface area contributed by atoms with Crippen molar-refractivity contribution in [3.8, 4) is 6.07 Å². The lowest BCUT2D eigenvalue weighted by Gasteiger charge is -2.07. The summed E-state index contributed by atoms with van der Waals surface area (Å²) in [5, 5.41) is 11.7. The molecule has 5 heteroatoms. The van der Waals surface area contributed by atoms with Crippen LogP contribution in [0.2, 0.25) is 0 Å². The maximum absolute atomic E-state index is 11.6.